The van der Waals surface area contributed by atoms with E-state index >= 15 is 0 Å². The number of carbonyl (C=O) groups is 1. The van der Waals surface area contributed by atoms with Crippen LogP contribution in [0, 0.1) is 5.82 Å². The Labute approximate surface area is 158 Å². The number of Topliss-reactive ketones (excluding diaryl/α,β-unsaturated/α-hetero) is 1. The zero-order chi connectivity index (χ0) is 18.6. The van der Waals surface area contributed by atoms with Gasteiger partial charge in [-0.2, -0.15) is 0 Å². The zero-order valence-electron chi connectivity index (χ0n) is 14.2. The maximum Gasteiger partial charge on any atom is 0.277 e. The highest BCUT2D eigenvalue weighted by Crippen LogP contribution is 2.31. The van der Waals surface area contributed by atoms with Gasteiger partial charge in [-0.05, 0) is 30.3 Å². The van der Waals surface area contributed by atoms with E-state index in [4.69, 9.17) is 13.9 Å². The summed E-state index contributed by atoms with van der Waals surface area (Å²) < 4.78 is 30.4. The van der Waals surface area contributed by atoms with Gasteiger partial charge < -0.3 is 13.9 Å². The molecular weight excluding hydrogens is 371 g/mol. The maximum absolute atomic E-state index is 13.8. The first-order chi connectivity index (χ1) is 13.2. The molecule has 0 saturated carbocycles. The van der Waals surface area contributed by atoms with E-state index in [1.54, 1.807) is 36.4 Å². The van der Waals surface area contributed by atoms with E-state index in [-0.39, 0.29) is 28.2 Å². The van der Waals surface area contributed by atoms with Crippen LogP contribution in [0.3, 0.4) is 0 Å². The summed E-state index contributed by atoms with van der Waals surface area (Å²) in [6.45, 7) is 1.15. The molecule has 0 N–H and O–H groups in total. The van der Waals surface area contributed by atoms with Gasteiger partial charge in [-0.3, -0.25) is 4.79 Å². The summed E-state index contributed by atoms with van der Waals surface area (Å²) in [5, 5.41) is 7.91. The predicted molar refractivity (Wildman–Crippen MR) is 96.8 cm³/mol. The number of hydrogen-bond acceptors (Lipinski definition) is 7. The molecule has 1 aliphatic rings. The van der Waals surface area contributed by atoms with Gasteiger partial charge in [0.05, 0.1) is 24.5 Å². The number of thioether (sulfide) groups is 1. The van der Waals surface area contributed by atoms with Crippen molar-refractivity contribution in [2.24, 2.45) is 0 Å². The molecule has 27 heavy (non-hydrogen) atoms. The lowest BCUT2D eigenvalue weighted by molar-refractivity contribution is 0.102. The molecular formula is C19H15FN2O4S. The molecule has 0 unspecified atom stereocenters. The van der Waals surface area contributed by atoms with Gasteiger partial charge in [0.15, 0.2) is 17.3 Å². The first-order valence-electron chi connectivity index (χ1n) is 8.35. The second kappa shape index (κ2) is 7.79. The Bertz CT molecular complexity index is 976. The average molecular weight is 386 g/mol. The molecule has 0 aliphatic carbocycles. The fourth-order valence-electron chi connectivity index (χ4n) is 2.56. The monoisotopic (exact) mass is 386 g/mol. The van der Waals surface area contributed by atoms with Gasteiger partial charge in [0.25, 0.3) is 11.1 Å². The Morgan fingerprint density at radius 3 is 2.74 bits per heavy atom. The van der Waals surface area contributed by atoms with Crippen molar-refractivity contribution in [1.29, 1.82) is 0 Å². The van der Waals surface area contributed by atoms with Crippen molar-refractivity contribution >= 4 is 17.5 Å². The van der Waals surface area contributed by atoms with E-state index in [1.807, 2.05) is 0 Å². The van der Waals surface area contributed by atoms with Gasteiger partial charge in [0, 0.05) is 12.0 Å². The molecule has 8 heteroatoms. The van der Waals surface area contributed by atoms with E-state index in [9.17, 15) is 9.18 Å². The average Bonchev–Trinajstić information content (AvgIpc) is 3.03. The van der Waals surface area contributed by atoms with Crippen LogP contribution in [0.4, 0.5) is 4.39 Å². The molecule has 138 valence electrons. The van der Waals surface area contributed by atoms with Crippen LogP contribution in [0.1, 0.15) is 16.8 Å². The molecule has 0 spiro atoms. The summed E-state index contributed by atoms with van der Waals surface area (Å²) >= 11 is 1.10. The fourth-order valence-corrected chi connectivity index (χ4v) is 3.22. The second-order valence-electron chi connectivity index (χ2n) is 5.78. The molecule has 1 aliphatic heterocycles. The molecule has 4 rings (SSSR count). The molecule has 0 saturated heterocycles. The molecule has 0 bridgehead atoms. The summed E-state index contributed by atoms with van der Waals surface area (Å²) in [5.41, 5.74) is 0.742. The number of ether oxygens (including phenoxy) is 2. The lowest BCUT2D eigenvalue weighted by Gasteiger charge is -2.08. The number of rotatable bonds is 5. The molecule has 3 aromatic rings. The van der Waals surface area contributed by atoms with Crippen molar-refractivity contribution in [3.05, 3.63) is 53.8 Å². The lowest BCUT2D eigenvalue weighted by Crippen LogP contribution is -2.03. The summed E-state index contributed by atoms with van der Waals surface area (Å²) in [7, 11) is 0. The summed E-state index contributed by atoms with van der Waals surface area (Å²) in [5.74, 6) is 0.852. The number of carbonyl (C=O) groups excluding carboxylic acids is 1. The molecule has 0 amide bonds. The van der Waals surface area contributed by atoms with Crippen molar-refractivity contribution in [1.82, 2.24) is 10.2 Å². The van der Waals surface area contributed by atoms with Gasteiger partial charge in [0.1, 0.15) is 5.82 Å². The number of halogens is 1. The van der Waals surface area contributed by atoms with Crippen molar-refractivity contribution in [2.75, 3.05) is 19.0 Å². The molecule has 1 aromatic heterocycles. The van der Waals surface area contributed by atoms with Gasteiger partial charge in [-0.25, -0.2) is 4.39 Å². The van der Waals surface area contributed by atoms with Crippen LogP contribution in [-0.2, 0) is 0 Å². The first kappa shape index (κ1) is 17.5. The van der Waals surface area contributed by atoms with Crippen LogP contribution >= 0.6 is 11.8 Å². The quantitative estimate of drug-likeness (QED) is 0.484. The topological polar surface area (TPSA) is 74.5 Å². The molecule has 0 radical (unpaired) electrons. The van der Waals surface area contributed by atoms with Crippen LogP contribution in [0.5, 0.6) is 11.5 Å². The molecule has 2 heterocycles. The fraction of sp³-hybridized carbons (Fsp3) is 0.211. The van der Waals surface area contributed by atoms with Gasteiger partial charge in [-0.15, -0.1) is 10.2 Å². The van der Waals surface area contributed by atoms with Crippen LogP contribution in [0.25, 0.3) is 11.5 Å². The van der Waals surface area contributed by atoms with Crippen molar-refractivity contribution in [3.8, 4) is 23.0 Å². The highest BCUT2D eigenvalue weighted by atomic mass is 32.2. The third kappa shape index (κ3) is 3.95. The largest absolute Gasteiger partial charge is 0.490 e. The standard InChI is InChI=1S/C19H15FN2O4S/c20-14-5-2-1-4-13(14)18-21-22-19(26-18)27-11-15(23)12-6-7-16-17(10-12)25-9-3-8-24-16/h1-2,4-7,10H,3,8-9,11H2. The third-order valence-electron chi connectivity index (χ3n) is 3.91. The van der Waals surface area contributed by atoms with E-state index in [1.165, 1.54) is 6.07 Å². The number of ketones is 1. The van der Waals surface area contributed by atoms with E-state index in [0.29, 0.717) is 30.3 Å². The van der Waals surface area contributed by atoms with Crippen molar-refractivity contribution < 1.29 is 23.1 Å². The molecule has 0 atom stereocenters. The van der Waals surface area contributed by atoms with Gasteiger partial charge in [0.2, 0.25) is 0 Å². The minimum Gasteiger partial charge on any atom is -0.490 e. The zero-order valence-corrected chi connectivity index (χ0v) is 15.0. The van der Waals surface area contributed by atoms with Crippen molar-refractivity contribution in [3.63, 3.8) is 0 Å². The normalized spacial score (nSPS) is 13.2. The SMILES string of the molecule is O=C(CSc1nnc(-c2ccccc2F)o1)c1ccc2c(c1)OCCCO2. The van der Waals surface area contributed by atoms with Crippen molar-refractivity contribution in [2.45, 2.75) is 11.6 Å². The maximum atomic E-state index is 13.8. The van der Waals surface area contributed by atoms with Crippen LogP contribution < -0.4 is 9.47 Å². The lowest BCUT2D eigenvalue weighted by atomic mass is 10.1. The van der Waals surface area contributed by atoms with E-state index in [0.717, 1.165) is 18.2 Å². The highest BCUT2D eigenvalue weighted by Gasteiger charge is 2.17. The number of hydrogen-bond donors (Lipinski definition) is 0. The third-order valence-corrected chi connectivity index (χ3v) is 4.73. The number of aromatic nitrogens is 2. The minimum atomic E-state index is -0.444. The number of fused-ring (bicyclic) bond motifs is 1. The van der Waals surface area contributed by atoms with E-state index < -0.39 is 5.82 Å². The Morgan fingerprint density at radius 2 is 1.89 bits per heavy atom. The Kier molecular flexibility index (Phi) is 5.06. The number of nitrogens with zero attached hydrogens (tertiary/aromatic N) is 2. The van der Waals surface area contributed by atoms with Gasteiger partial charge in [-0.1, -0.05) is 23.9 Å². The second-order valence-corrected chi connectivity index (χ2v) is 6.70. The summed E-state index contributed by atoms with van der Waals surface area (Å²) in [6, 6.07) is 11.3. The molecule has 6 nitrogen and oxygen atoms in total. The smallest absolute Gasteiger partial charge is 0.277 e. The number of benzene rings is 2. The summed E-state index contributed by atoms with van der Waals surface area (Å²) in [6.07, 6.45) is 0.801. The Balaban J connectivity index is 1.43. The highest BCUT2D eigenvalue weighted by molar-refractivity contribution is 7.99. The van der Waals surface area contributed by atoms with Crippen LogP contribution in [0.2, 0.25) is 0 Å². The Hall–Kier alpha value is -2.87. The summed E-state index contributed by atoms with van der Waals surface area (Å²) in [4.78, 5) is 12.5. The minimum absolute atomic E-state index is 0.0821. The first-order valence-corrected chi connectivity index (χ1v) is 9.33. The molecule has 2 aromatic carbocycles. The van der Waals surface area contributed by atoms with E-state index in [2.05, 4.69) is 10.2 Å². The molecule has 0 fully saturated rings. The van der Waals surface area contributed by atoms with Crippen LogP contribution in [-0.4, -0.2) is 34.9 Å². The van der Waals surface area contributed by atoms with Crippen LogP contribution in [0.15, 0.2) is 52.1 Å². The predicted octanol–water partition coefficient (Wildman–Crippen LogP) is 4.01. The Morgan fingerprint density at radius 1 is 1.07 bits per heavy atom. The van der Waals surface area contributed by atoms with Gasteiger partial charge >= 0.3 is 0 Å².